The molecular formula is C23H25F2N7S2. The fraction of sp³-hybridized carbons (Fsp3) is 0.304. The van der Waals surface area contributed by atoms with Gasteiger partial charge in [0, 0.05) is 26.2 Å². The molecule has 0 saturated heterocycles. The van der Waals surface area contributed by atoms with Gasteiger partial charge >= 0.3 is 0 Å². The van der Waals surface area contributed by atoms with Crippen molar-refractivity contribution in [2.45, 2.75) is 24.6 Å². The normalized spacial score (nSPS) is 17.6. The Bertz CT molecular complexity index is 1200. The molecule has 0 bridgehead atoms. The van der Waals surface area contributed by atoms with Gasteiger partial charge < -0.3 is 10.2 Å². The summed E-state index contributed by atoms with van der Waals surface area (Å²) < 4.78 is 28.8. The van der Waals surface area contributed by atoms with Crippen molar-refractivity contribution in [3.8, 4) is 0 Å². The molecule has 11 heteroatoms. The number of anilines is 1. The number of nitrogens with one attached hydrogen (secondary N) is 2. The van der Waals surface area contributed by atoms with Gasteiger partial charge in [-0.3, -0.25) is 5.41 Å². The lowest BCUT2D eigenvalue weighted by Crippen LogP contribution is -2.40. The van der Waals surface area contributed by atoms with Crippen LogP contribution in [0.1, 0.15) is 29.0 Å². The summed E-state index contributed by atoms with van der Waals surface area (Å²) in [6.45, 7) is 2.43. The van der Waals surface area contributed by atoms with Gasteiger partial charge in [0.1, 0.15) is 26.6 Å². The van der Waals surface area contributed by atoms with Crippen molar-refractivity contribution in [2.24, 2.45) is 5.10 Å². The molecule has 3 aromatic rings. The number of hydrazone groups is 1. The predicted molar refractivity (Wildman–Crippen MR) is 134 cm³/mol. The molecule has 0 radical (unpaired) electrons. The van der Waals surface area contributed by atoms with Gasteiger partial charge in [-0.15, -0.1) is 10.2 Å². The number of guanidine groups is 1. The van der Waals surface area contributed by atoms with E-state index >= 15 is 0 Å². The Morgan fingerprint density at radius 2 is 1.91 bits per heavy atom. The third-order valence-electron chi connectivity index (χ3n) is 5.31. The summed E-state index contributed by atoms with van der Waals surface area (Å²) in [5.41, 5.74) is 1.08. The van der Waals surface area contributed by atoms with Crippen molar-refractivity contribution >= 4 is 39.2 Å². The van der Waals surface area contributed by atoms with Crippen LogP contribution < -0.4 is 10.3 Å². The smallest absolute Gasteiger partial charge is 0.230 e. The van der Waals surface area contributed by atoms with Crippen molar-refractivity contribution in [1.29, 1.82) is 5.41 Å². The molecule has 0 amide bonds. The number of hydrogen-bond acceptors (Lipinski definition) is 7. The summed E-state index contributed by atoms with van der Waals surface area (Å²) in [5.74, 6) is -0.740. The Kier molecular flexibility index (Phi) is 7.13. The number of hydrogen-bond donors (Lipinski definition) is 2. The lowest BCUT2D eigenvalue weighted by atomic mass is 10.0. The monoisotopic (exact) mass is 501 g/mol. The SMILES string of the molecule is Cc1nnc(N2N=C(c3cc(F)ccc3F)SC2(CCCNC(=N)N(C)C)c2ccccc2)s1. The van der Waals surface area contributed by atoms with Gasteiger partial charge in [-0.2, -0.15) is 5.10 Å². The Morgan fingerprint density at radius 3 is 2.59 bits per heavy atom. The predicted octanol–water partition coefficient (Wildman–Crippen LogP) is 4.76. The Hall–Kier alpha value is -3.05. The summed E-state index contributed by atoms with van der Waals surface area (Å²) in [4.78, 5) is 0.949. The Labute approximate surface area is 205 Å². The maximum absolute atomic E-state index is 14.7. The van der Waals surface area contributed by atoms with Crippen molar-refractivity contribution < 1.29 is 8.78 Å². The van der Waals surface area contributed by atoms with Crippen molar-refractivity contribution in [3.05, 3.63) is 76.3 Å². The molecule has 0 fully saturated rings. The maximum atomic E-state index is 14.7. The number of rotatable bonds is 7. The molecule has 2 N–H and O–H groups in total. The van der Waals surface area contributed by atoms with Gasteiger partial charge in [-0.05, 0) is 43.5 Å². The zero-order valence-corrected chi connectivity index (χ0v) is 20.7. The van der Waals surface area contributed by atoms with E-state index in [1.807, 2.05) is 37.3 Å². The van der Waals surface area contributed by atoms with Gasteiger partial charge in [-0.1, -0.05) is 53.4 Å². The molecular weight excluding hydrogens is 476 g/mol. The molecule has 1 aliphatic heterocycles. The minimum Gasteiger partial charge on any atom is -0.356 e. The number of nitrogens with zero attached hydrogens (tertiary/aromatic N) is 5. The van der Waals surface area contributed by atoms with Gasteiger partial charge in [0.2, 0.25) is 5.13 Å². The standard InChI is InChI=1S/C23H25F2N7S2/c1-15-28-29-22(33-15)32-23(16-8-5-4-6-9-16,12-7-13-27-21(26)31(2)3)34-20(30-32)18-14-17(24)10-11-19(18)25/h4-6,8-11,14H,7,12-13H2,1-3H3,(H2,26,27). The molecule has 0 saturated carbocycles. The number of aromatic nitrogens is 2. The summed E-state index contributed by atoms with van der Waals surface area (Å²) in [6.07, 6.45) is 1.30. The molecule has 34 heavy (non-hydrogen) atoms. The van der Waals surface area contributed by atoms with E-state index in [-0.39, 0.29) is 5.56 Å². The second-order valence-electron chi connectivity index (χ2n) is 7.97. The molecule has 178 valence electrons. The molecule has 1 aliphatic rings. The topological polar surface area (TPSA) is 80.5 Å². The van der Waals surface area contributed by atoms with Crippen LogP contribution >= 0.6 is 23.1 Å². The number of thioether (sulfide) groups is 1. The van der Waals surface area contributed by atoms with E-state index in [2.05, 4.69) is 15.5 Å². The highest BCUT2D eigenvalue weighted by Gasteiger charge is 2.47. The average Bonchev–Trinajstić information content (AvgIpc) is 3.43. The maximum Gasteiger partial charge on any atom is 0.230 e. The first-order valence-electron chi connectivity index (χ1n) is 10.7. The summed E-state index contributed by atoms with van der Waals surface area (Å²) in [7, 11) is 3.61. The van der Waals surface area contributed by atoms with E-state index in [0.29, 0.717) is 35.5 Å². The minimum absolute atomic E-state index is 0.113. The van der Waals surface area contributed by atoms with Crippen LogP contribution in [-0.2, 0) is 4.87 Å². The molecule has 4 rings (SSSR count). The van der Waals surface area contributed by atoms with Crippen LogP contribution in [0.15, 0.2) is 53.6 Å². The number of halogens is 2. The fourth-order valence-corrected chi connectivity index (χ4v) is 5.80. The highest BCUT2D eigenvalue weighted by Crippen LogP contribution is 2.52. The van der Waals surface area contributed by atoms with Gasteiger partial charge in [-0.25, -0.2) is 13.8 Å². The third-order valence-corrected chi connectivity index (χ3v) is 7.57. The molecule has 1 aromatic heterocycles. The molecule has 2 aromatic carbocycles. The fourth-order valence-electron chi connectivity index (χ4n) is 3.61. The van der Waals surface area contributed by atoms with E-state index < -0.39 is 16.5 Å². The van der Waals surface area contributed by atoms with E-state index in [4.69, 9.17) is 10.5 Å². The van der Waals surface area contributed by atoms with Crippen LogP contribution in [0, 0.1) is 24.0 Å². The van der Waals surface area contributed by atoms with Gasteiger partial charge in [0.05, 0.1) is 0 Å². The van der Waals surface area contributed by atoms with Gasteiger partial charge in [0.25, 0.3) is 0 Å². The van der Waals surface area contributed by atoms with E-state index in [1.54, 1.807) is 24.0 Å². The second kappa shape index (κ2) is 10.1. The summed E-state index contributed by atoms with van der Waals surface area (Å²) in [5, 5.41) is 27.8. The zero-order chi connectivity index (χ0) is 24.3. The van der Waals surface area contributed by atoms with E-state index in [1.165, 1.54) is 29.2 Å². The Morgan fingerprint density at radius 1 is 1.15 bits per heavy atom. The lowest BCUT2D eigenvalue weighted by molar-refractivity contribution is 0.508. The molecule has 1 unspecified atom stereocenters. The van der Waals surface area contributed by atoms with Crippen molar-refractivity contribution in [2.75, 3.05) is 25.6 Å². The Balaban J connectivity index is 1.74. The minimum atomic E-state index is -0.747. The molecule has 0 aliphatic carbocycles. The molecule has 7 nitrogen and oxygen atoms in total. The third kappa shape index (κ3) is 4.90. The lowest BCUT2D eigenvalue weighted by Gasteiger charge is -2.35. The highest BCUT2D eigenvalue weighted by atomic mass is 32.2. The number of aryl methyl sites for hydroxylation is 1. The van der Waals surface area contributed by atoms with Crippen LogP contribution in [-0.4, -0.2) is 46.7 Å². The van der Waals surface area contributed by atoms with Crippen LogP contribution in [0.2, 0.25) is 0 Å². The van der Waals surface area contributed by atoms with Crippen molar-refractivity contribution in [1.82, 2.24) is 20.4 Å². The van der Waals surface area contributed by atoms with E-state index in [9.17, 15) is 8.78 Å². The largest absolute Gasteiger partial charge is 0.356 e. The first-order valence-corrected chi connectivity index (χ1v) is 12.3. The van der Waals surface area contributed by atoms with Crippen LogP contribution in [0.5, 0.6) is 0 Å². The molecule has 1 atom stereocenters. The quantitative estimate of drug-likeness (QED) is 0.276. The van der Waals surface area contributed by atoms with E-state index in [0.717, 1.165) is 22.7 Å². The molecule has 2 heterocycles. The second-order valence-corrected chi connectivity index (χ2v) is 10.4. The highest BCUT2D eigenvalue weighted by molar-refractivity contribution is 8.15. The van der Waals surface area contributed by atoms with Crippen molar-refractivity contribution in [3.63, 3.8) is 0 Å². The number of benzene rings is 2. The first-order chi connectivity index (χ1) is 16.3. The average molecular weight is 502 g/mol. The zero-order valence-electron chi connectivity index (χ0n) is 19.0. The van der Waals surface area contributed by atoms with Gasteiger partial charge in [0.15, 0.2) is 5.96 Å². The molecule has 0 spiro atoms. The van der Waals surface area contributed by atoms with Crippen LogP contribution in [0.25, 0.3) is 0 Å². The van der Waals surface area contributed by atoms with Crippen LogP contribution in [0.4, 0.5) is 13.9 Å². The first kappa shape index (κ1) is 24.1. The summed E-state index contributed by atoms with van der Waals surface area (Å²) >= 11 is 2.77. The summed E-state index contributed by atoms with van der Waals surface area (Å²) in [6, 6.07) is 13.2. The van der Waals surface area contributed by atoms with Crippen LogP contribution in [0.3, 0.4) is 0 Å².